The predicted molar refractivity (Wildman–Crippen MR) is 107 cm³/mol. The van der Waals surface area contributed by atoms with Crippen LogP contribution in [0.4, 0.5) is 0 Å². The fourth-order valence-electron chi connectivity index (χ4n) is 2.98. The van der Waals surface area contributed by atoms with Crippen molar-refractivity contribution in [3.63, 3.8) is 0 Å². The van der Waals surface area contributed by atoms with E-state index in [-0.39, 0.29) is 0 Å². The number of aromatic amines is 2. The quantitative estimate of drug-likeness (QED) is 0.372. The Morgan fingerprint density at radius 1 is 0.600 bits per heavy atom. The van der Waals surface area contributed by atoms with E-state index in [0.717, 1.165) is 49.3 Å². The van der Waals surface area contributed by atoms with E-state index in [0.29, 0.717) is 0 Å². The normalized spacial score (nSPS) is 12.7. The fraction of sp³-hybridized carbons (Fsp3) is 0. The molecule has 0 saturated heterocycles. The summed E-state index contributed by atoms with van der Waals surface area (Å²) in [6.07, 6.45) is 8.07. The summed E-state index contributed by atoms with van der Waals surface area (Å²) in [6, 6.07) is 14.3. The molecule has 0 atom stereocenters. The number of rotatable bonds is 0. The van der Waals surface area contributed by atoms with E-state index in [4.69, 9.17) is 0 Å². The maximum absolute atomic E-state index is 4.65. The van der Waals surface area contributed by atoms with Crippen molar-refractivity contribution in [3.8, 4) is 0 Å². The van der Waals surface area contributed by atoms with Gasteiger partial charge in [-0.3, -0.25) is 0 Å². The van der Waals surface area contributed by atoms with Gasteiger partial charge < -0.3 is 9.97 Å². The maximum Gasteiger partial charge on any atom is 0.0658 e. The van der Waals surface area contributed by atoms with E-state index in [2.05, 4.69) is 41.9 Å². The molecule has 5 heteroatoms. The second-order valence-corrected chi connectivity index (χ2v) is 6.88. The molecular weight excluding hydrogens is 376 g/mol. The highest BCUT2D eigenvalue weighted by molar-refractivity contribution is 9.10. The van der Waals surface area contributed by atoms with Crippen LogP contribution in [0, 0.1) is 0 Å². The molecule has 0 unspecified atom stereocenters. The van der Waals surface area contributed by atoms with Gasteiger partial charge in [0.25, 0.3) is 0 Å². The van der Waals surface area contributed by atoms with Gasteiger partial charge in [-0.05, 0) is 82.7 Å². The number of H-pyrrole nitrogens is 2. The Morgan fingerprint density at radius 3 is 1.72 bits per heavy atom. The summed E-state index contributed by atoms with van der Waals surface area (Å²) in [5.41, 5.74) is 7.72. The Balaban J connectivity index is 1.87. The average Bonchev–Trinajstić information content (AvgIpc) is 3.33. The lowest BCUT2D eigenvalue weighted by atomic mass is 10.3. The smallest absolute Gasteiger partial charge is 0.0658 e. The van der Waals surface area contributed by atoms with Crippen LogP contribution in [-0.2, 0) is 0 Å². The third-order valence-electron chi connectivity index (χ3n) is 4.12. The zero-order valence-electron chi connectivity index (χ0n) is 13.1. The predicted octanol–water partition coefficient (Wildman–Crippen LogP) is 5.42. The first-order valence-electron chi connectivity index (χ1n) is 7.95. The molecule has 0 amide bonds. The Labute approximate surface area is 152 Å². The summed E-state index contributed by atoms with van der Waals surface area (Å²) in [5.74, 6) is 0. The van der Waals surface area contributed by atoms with Crippen LogP contribution < -0.4 is 0 Å². The second kappa shape index (κ2) is 5.57. The Bertz CT molecular complexity index is 1210. The zero-order chi connectivity index (χ0) is 16.8. The lowest BCUT2D eigenvalue weighted by molar-refractivity contribution is 1.31. The molecule has 2 N–H and O–H groups in total. The molecule has 8 bridgehead atoms. The topological polar surface area (TPSA) is 57.4 Å². The van der Waals surface area contributed by atoms with Crippen LogP contribution in [0.25, 0.3) is 46.4 Å². The van der Waals surface area contributed by atoms with Crippen molar-refractivity contribution in [2.24, 2.45) is 0 Å². The lowest BCUT2D eigenvalue weighted by Gasteiger charge is -1.86. The van der Waals surface area contributed by atoms with E-state index in [9.17, 15) is 0 Å². The highest BCUT2D eigenvalue weighted by atomic mass is 79.9. The molecule has 0 saturated carbocycles. The SMILES string of the molecule is Brc1cc2cc3nc(cc4ccc(cc5nc(cc1[nH]2)C=C5)[nH]4)C=C3. The van der Waals surface area contributed by atoms with Gasteiger partial charge in [0, 0.05) is 21.0 Å². The first kappa shape index (κ1) is 14.4. The molecule has 25 heavy (non-hydrogen) atoms. The third kappa shape index (κ3) is 2.83. The first-order chi connectivity index (χ1) is 12.2. The zero-order valence-corrected chi connectivity index (χ0v) is 14.7. The van der Waals surface area contributed by atoms with Crippen LogP contribution in [0.1, 0.15) is 22.8 Å². The van der Waals surface area contributed by atoms with E-state index in [1.807, 2.05) is 60.7 Å². The van der Waals surface area contributed by atoms with Crippen LogP contribution >= 0.6 is 15.9 Å². The molecule has 0 aliphatic carbocycles. The first-order valence-corrected chi connectivity index (χ1v) is 8.75. The molecular formula is C20H13BrN4. The number of hydrogen-bond donors (Lipinski definition) is 2. The summed E-state index contributed by atoms with van der Waals surface area (Å²) in [4.78, 5) is 16.1. The Kier molecular flexibility index (Phi) is 3.21. The van der Waals surface area contributed by atoms with Gasteiger partial charge in [-0.1, -0.05) is 0 Å². The van der Waals surface area contributed by atoms with Crippen LogP contribution in [-0.4, -0.2) is 19.9 Å². The van der Waals surface area contributed by atoms with Crippen molar-refractivity contribution in [2.75, 3.05) is 0 Å². The number of nitrogens with zero attached hydrogens (tertiary/aromatic N) is 2. The summed E-state index contributed by atoms with van der Waals surface area (Å²) >= 11 is 3.61. The maximum atomic E-state index is 4.65. The molecule has 5 heterocycles. The number of aromatic nitrogens is 4. The van der Waals surface area contributed by atoms with Crippen molar-refractivity contribution in [1.29, 1.82) is 0 Å². The number of halogens is 1. The molecule has 3 aromatic heterocycles. The Morgan fingerprint density at radius 2 is 1.12 bits per heavy atom. The number of fused-ring (bicyclic) bond motifs is 8. The van der Waals surface area contributed by atoms with Gasteiger partial charge in [0.1, 0.15) is 0 Å². The van der Waals surface area contributed by atoms with Crippen LogP contribution in [0.5, 0.6) is 0 Å². The van der Waals surface area contributed by atoms with Crippen LogP contribution in [0.15, 0.2) is 46.9 Å². The Hall–Kier alpha value is -2.92. The summed E-state index contributed by atoms with van der Waals surface area (Å²) < 4.78 is 1.00. The van der Waals surface area contributed by atoms with Crippen LogP contribution in [0.2, 0.25) is 0 Å². The number of nitrogens with one attached hydrogen (secondary N) is 2. The summed E-state index contributed by atoms with van der Waals surface area (Å²) in [7, 11) is 0. The van der Waals surface area contributed by atoms with Gasteiger partial charge in [-0.25, -0.2) is 9.97 Å². The van der Waals surface area contributed by atoms with Gasteiger partial charge >= 0.3 is 0 Å². The highest BCUT2D eigenvalue weighted by Gasteiger charge is 2.03. The molecule has 2 aliphatic heterocycles. The van der Waals surface area contributed by atoms with Gasteiger partial charge in [-0.15, -0.1) is 0 Å². The summed E-state index contributed by atoms with van der Waals surface area (Å²) in [5, 5.41) is 0. The molecule has 0 radical (unpaired) electrons. The summed E-state index contributed by atoms with van der Waals surface area (Å²) in [6.45, 7) is 0. The van der Waals surface area contributed by atoms with E-state index >= 15 is 0 Å². The van der Waals surface area contributed by atoms with Crippen molar-refractivity contribution in [3.05, 3.63) is 69.7 Å². The van der Waals surface area contributed by atoms with Gasteiger partial charge in [0.05, 0.1) is 28.3 Å². The van der Waals surface area contributed by atoms with Crippen LogP contribution in [0.3, 0.4) is 0 Å². The lowest BCUT2D eigenvalue weighted by Crippen LogP contribution is -1.75. The van der Waals surface area contributed by atoms with Gasteiger partial charge in [0.2, 0.25) is 0 Å². The van der Waals surface area contributed by atoms with Crippen molar-refractivity contribution in [1.82, 2.24) is 19.9 Å². The minimum Gasteiger partial charge on any atom is -0.355 e. The fourth-order valence-corrected chi connectivity index (χ4v) is 3.44. The monoisotopic (exact) mass is 388 g/mol. The molecule has 0 fully saturated rings. The molecule has 0 spiro atoms. The third-order valence-corrected chi connectivity index (χ3v) is 4.77. The molecule has 0 aromatic carbocycles. The molecule has 2 aliphatic rings. The minimum absolute atomic E-state index is 0.916. The van der Waals surface area contributed by atoms with Crippen molar-refractivity contribution < 1.29 is 0 Å². The molecule has 120 valence electrons. The van der Waals surface area contributed by atoms with Gasteiger partial charge in [0.15, 0.2) is 0 Å². The van der Waals surface area contributed by atoms with Crippen molar-refractivity contribution in [2.45, 2.75) is 0 Å². The van der Waals surface area contributed by atoms with E-state index in [1.54, 1.807) is 0 Å². The molecule has 3 aromatic rings. The minimum atomic E-state index is 0.916. The highest BCUT2D eigenvalue weighted by Crippen LogP contribution is 2.22. The molecule has 5 rings (SSSR count). The van der Waals surface area contributed by atoms with E-state index < -0.39 is 0 Å². The standard InChI is InChI=1S/C20H13BrN4/c21-19-10-18-9-16-4-3-14(23-16)7-12-1-2-13(22-12)8-15-5-6-17(24-15)11-20(19)25-18/h1-11,22,25H. The average molecular weight is 389 g/mol. The van der Waals surface area contributed by atoms with Gasteiger partial charge in [-0.2, -0.15) is 0 Å². The second-order valence-electron chi connectivity index (χ2n) is 6.02. The largest absolute Gasteiger partial charge is 0.355 e. The number of hydrogen-bond acceptors (Lipinski definition) is 2. The van der Waals surface area contributed by atoms with E-state index in [1.165, 1.54) is 0 Å². The van der Waals surface area contributed by atoms with Crippen molar-refractivity contribution >= 4 is 62.3 Å². The molecule has 4 nitrogen and oxygen atoms in total.